The number of benzene rings is 1. The Bertz CT molecular complexity index is 617. The quantitative estimate of drug-likeness (QED) is 0.484. The molecule has 0 spiro atoms. The van der Waals surface area contributed by atoms with Gasteiger partial charge in [0.25, 0.3) is 0 Å². The lowest BCUT2D eigenvalue weighted by molar-refractivity contribution is 0.0500. The van der Waals surface area contributed by atoms with Crippen molar-refractivity contribution in [2.45, 2.75) is 0 Å². The average Bonchev–Trinajstić information content (AvgIpc) is 2.74. The van der Waals surface area contributed by atoms with Crippen LogP contribution in [0, 0.1) is 11.6 Å². The second kappa shape index (κ2) is 5.38. The Hall–Kier alpha value is -2.57. The van der Waals surface area contributed by atoms with Gasteiger partial charge in [-0.15, -0.1) is 0 Å². The Kier molecular flexibility index (Phi) is 3.65. The van der Waals surface area contributed by atoms with Gasteiger partial charge >= 0.3 is 5.97 Å². The summed E-state index contributed by atoms with van der Waals surface area (Å²) in [6.07, 6.45) is 4.04. The Morgan fingerprint density at radius 2 is 2.05 bits per heavy atom. The van der Waals surface area contributed by atoms with E-state index < -0.39 is 17.6 Å². The van der Waals surface area contributed by atoms with E-state index in [9.17, 15) is 13.6 Å². The number of halogens is 2. The predicted molar refractivity (Wildman–Crippen MR) is 62.6 cm³/mol. The third kappa shape index (κ3) is 3.21. The number of rotatable bonds is 3. The van der Waals surface area contributed by atoms with Crippen molar-refractivity contribution in [1.82, 2.24) is 9.55 Å². The first-order valence-corrected chi connectivity index (χ1v) is 5.24. The lowest BCUT2D eigenvalue weighted by Gasteiger charge is -1.98. The lowest BCUT2D eigenvalue weighted by Crippen LogP contribution is -2.08. The molecule has 5 nitrogen and oxygen atoms in total. The van der Waals surface area contributed by atoms with E-state index in [1.54, 1.807) is 13.2 Å². The minimum absolute atomic E-state index is 0.0718. The predicted octanol–water partition coefficient (Wildman–Crippen LogP) is 1.89. The molecular weight excluding hydrogens is 256 g/mol. The lowest BCUT2D eigenvalue weighted by atomic mass is 10.2. The zero-order valence-corrected chi connectivity index (χ0v) is 9.88. The van der Waals surface area contributed by atoms with Gasteiger partial charge in [-0.2, -0.15) is 0 Å². The second-order valence-corrected chi connectivity index (χ2v) is 3.68. The Balaban J connectivity index is 2.04. The van der Waals surface area contributed by atoms with Crippen LogP contribution < -0.4 is 0 Å². The summed E-state index contributed by atoms with van der Waals surface area (Å²) in [6.45, 7) is 0. The number of imidazole rings is 1. The molecule has 1 heterocycles. The fourth-order valence-electron chi connectivity index (χ4n) is 1.39. The van der Waals surface area contributed by atoms with Gasteiger partial charge in [0.05, 0.1) is 6.21 Å². The molecule has 0 saturated carbocycles. The molecule has 0 N–H and O–H groups in total. The van der Waals surface area contributed by atoms with Gasteiger partial charge in [-0.05, 0) is 12.1 Å². The highest BCUT2D eigenvalue weighted by Gasteiger charge is 2.11. The second-order valence-electron chi connectivity index (χ2n) is 3.68. The van der Waals surface area contributed by atoms with E-state index >= 15 is 0 Å². The number of hydrogen-bond donors (Lipinski definition) is 0. The molecule has 0 atom stereocenters. The number of carbonyl (C=O) groups is 1. The van der Waals surface area contributed by atoms with Crippen LogP contribution in [0.3, 0.4) is 0 Å². The van der Waals surface area contributed by atoms with Gasteiger partial charge in [0.15, 0.2) is 0 Å². The van der Waals surface area contributed by atoms with Crippen LogP contribution >= 0.6 is 0 Å². The minimum Gasteiger partial charge on any atom is -0.328 e. The SMILES string of the molecule is Cn1ccnc1C(=O)ON=Cc1cc(F)cc(F)c1. The average molecular weight is 265 g/mol. The number of oxime groups is 1. The first-order chi connectivity index (χ1) is 9.06. The first kappa shape index (κ1) is 12.9. The van der Waals surface area contributed by atoms with Crippen LogP contribution in [0.5, 0.6) is 0 Å². The van der Waals surface area contributed by atoms with Gasteiger partial charge in [-0.3, -0.25) is 0 Å². The molecule has 98 valence electrons. The van der Waals surface area contributed by atoms with Crippen LogP contribution in [0.25, 0.3) is 0 Å². The van der Waals surface area contributed by atoms with Crippen molar-refractivity contribution in [3.05, 3.63) is 53.6 Å². The van der Waals surface area contributed by atoms with Crippen LogP contribution in [0.1, 0.15) is 16.2 Å². The highest BCUT2D eigenvalue weighted by Crippen LogP contribution is 2.06. The largest absolute Gasteiger partial charge is 0.400 e. The number of carbonyl (C=O) groups excluding carboxylic acids is 1. The molecule has 19 heavy (non-hydrogen) atoms. The fourth-order valence-corrected chi connectivity index (χ4v) is 1.39. The van der Waals surface area contributed by atoms with Crippen molar-refractivity contribution in [3.63, 3.8) is 0 Å². The van der Waals surface area contributed by atoms with Crippen molar-refractivity contribution in [2.75, 3.05) is 0 Å². The molecule has 0 fully saturated rings. The summed E-state index contributed by atoms with van der Waals surface area (Å²) in [5.74, 6) is -2.17. The molecule has 0 aliphatic heterocycles. The Morgan fingerprint density at radius 1 is 1.37 bits per heavy atom. The summed E-state index contributed by atoms with van der Waals surface area (Å²) in [6, 6.07) is 2.85. The van der Waals surface area contributed by atoms with Crippen LogP contribution in [0.4, 0.5) is 8.78 Å². The molecule has 0 saturated heterocycles. The summed E-state index contributed by atoms with van der Waals surface area (Å²) < 4.78 is 27.2. The normalized spacial score (nSPS) is 10.9. The zero-order valence-electron chi connectivity index (χ0n) is 9.88. The van der Waals surface area contributed by atoms with Gasteiger partial charge in [0.1, 0.15) is 11.6 Å². The smallest absolute Gasteiger partial charge is 0.328 e. The van der Waals surface area contributed by atoms with Crippen molar-refractivity contribution in [1.29, 1.82) is 0 Å². The number of aryl methyl sites for hydroxylation is 1. The Labute approximate surface area is 107 Å². The number of aromatic nitrogens is 2. The molecule has 0 unspecified atom stereocenters. The summed E-state index contributed by atoms with van der Waals surface area (Å²) in [4.78, 5) is 19.8. The standard InChI is InChI=1S/C12H9F2N3O2/c1-17-3-2-15-11(17)12(18)19-16-7-8-4-9(13)6-10(14)5-8/h2-7H,1H3. The van der Waals surface area contributed by atoms with E-state index in [0.717, 1.165) is 24.4 Å². The van der Waals surface area contributed by atoms with Gasteiger partial charge < -0.3 is 9.40 Å². The summed E-state index contributed by atoms with van der Waals surface area (Å²) in [5.41, 5.74) is 0.144. The maximum Gasteiger partial charge on any atom is 0.400 e. The van der Waals surface area contributed by atoms with Gasteiger partial charge in [-0.25, -0.2) is 18.6 Å². The molecule has 7 heteroatoms. The van der Waals surface area contributed by atoms with Crippen LogP contribution in [-0.2, 0) is 11.9 Å². The number of hydrogen-bond acceptors (Lipinski definition) is 4. The van der Waals surface area contributed by atoms with Crippen molar-refractivity contribution in [3.8, 4) is 0 Å². The molecule has 2 aromatic rings. The van der Waals surface area contributed by atoms with Gasteiger partial charge in [0, 0.05) is 31.1 Å². The van der Waals surface area contributed by atoms with Crippen molar-refractivity contribution in [2.24, 2.45) is 12.2 Å². The highest BCUT2D eigenvalue weighted by atomic mass is 19.1. The van der Waals surface area contributed by atoms with E-state index in [4.69, 9.17) is 0 Å². The van der Waals surface area contributed by atoms with E-state index in [0.29, 0.717) is 0 Å². The molecule has 0 aliphatic carbocycles. The molecule has 0 aliphatic rings. The molecular formula is C12H9F2N3O2. The molecule has 1 aromatic heterocycles. The van der Waals surface area contributed by atoms with Crippen LogP contribution in [0.15, 0.2) is 35.7 Å². The van der Waals surface area contributed by atoms with Crippen LogP contribution in [0.2, 0.25) is 0 Å². The zero-order chi connectivity index (χ0) is 13.8. The van der Waals surface area contributed by atoms with Crippen molar-refractivity contribution < 1.29 is 18.4 Å². The molecule has 0 bridgehead atoms. The van der Waals surface area contributed by atoms with Crippen LogP contribution in [-0.4, -0.2) is 21.7 Å². The highest BCUT2D eigenvalue weighted by molar-refractivity contribution is 5.86. The third-order valence-corrected chi connectivity index (χ3v) is 2.23. The van der Waals surface area contributed by atoms with E-state index in [2.05, 4.69) is 15.0 Å². The Morgan fingerprint density at radius 3 is 2.63 bits per heavy atom. The summed E-state index contributed by atoms with van der Waals surface area (Å²) in [5, 5.41) is 3.36. The molecule has 2 rings (SSSR count). The fraction of sp³-hybridized carbons (Fsp3) is 0.0833. The molecule has 0 radical (unpaired) electrons. The minimum atomic E-state index is -0.763. The summed E-state index contributed by atoms with van der Waals surface area (Å²) >= 11 is 0. The van der Waals surface area contributed by atoms with E-state index in [-0.39, 0.29) is 11.4 Å². The van der Waals surface area contributed by atoms with Gasteiger partial charge in [0.2, 0.25) is 5.82 Å². The topological polar surface area (TPSA) is 56.5 Å². The molecule has 1 aromatic carbocycles. The maximum atomic E-state index is 12.9. The number of nitrogens with zero attached hydrogens (tertiary/aromatic N) is 3. The maximum absolute atomic E-state index is 12.9. The van der Waals surface area contributed by atoms with Crippen molar-refractivity contribution >= 4 is 12.2 Å². The monoisotopic (exact) mass is 265 g/mol. The third-order valence-electron chi connectivity index (χ3n) is 2.23. The first-order valence-electron chi connectivity index (χ1n) is 5.24. The molecule has 0 amide bonds. The van der Waals surface area contributed by atoms with E-state index in [1.807, 2.05) is 0 Å². The summed E-state index contributed by atoms with van der Waals surface area (Å²) in [7, 11) is 1.62. The van der Waals surface area contributed by atoms with Gasteiger partial charge in [-0.1, -0.05) is 5.16 Å². The van der Waals surface area contributed by atoms with E-state index in [1.165, 1.54) is 10.8 Å².